The fourth-order valence-corrected chi connectivity index (χ4v) is 3.85. The molecule has 1 aliphatic carbocycles. The highest BCUT2D eigenvalue weighted by molar-refractivity contribution is 7.89. The van der Waals surface area contributed by atoms with Crippen LogP contribution in [0.5, 0.6) is 0 Å². The van der Waals surface area contributed by atoms with E-state index in [-0.39, 0.29) is 10.9 Å². The van der Waals surface area contributed by atoms with E-state index in [0.717, 1.165) is 37.8 Å². The van der Waals surface area contributed by atoms with Crippen LogP contribution in [0.4, 0.5) is 4.39 Å². The number of hydrogen-bond acceptors (Lipinski definition) is 5. The van der Waals surface area contributed by atoms with Crippen LogP contribution in [0, 0.1) is 11.7 Å². The Morgan fingerprint density at radius 1 is 1.27 bits per heavy atom. The van der Waals surface area contributed by atoms with Gasteiger partial charge in [-0.15, -0.1) is 0 Å². The topological polar surface area (TPSA) is 102 Å². The van der Waals surface area contributed by atoms with Crippen molar-refractivity contribution in [2.45, 2.75) is 43.5 Å². The standard InChI is InChI=1S/C17H23FN2O5S/c1-12-5-2-3-8-15(12)20-16(21)11-25-17(22)10-19-26(23,24)14-7-4-6-13(18)9-14/h4,6-7,9,12,15,19H,2-3,5,8,10-11H2,1H3,(H,20,21)/t12-,15-/m1/s1. The molecule has 1 amide bonds. The van der Waals surface area contributed by atoms with Gasteiger partial charge >= 0.3 is 5.97 Å². The zero-order valence-corrected chi connectivity index (χ0v) is 15.4. The average Bonchev–Trinajstić information content (AvgIpc) is 2.60. The number of carbonyl (C=O) groups excluding carboxylic acids is 2. The van der Waals surface area contributed by atoms with Gasteiger partial charge in [0.15, 0.2) is 6.61 Å². The third-order valence-corrected chi connectivity index (χ3v) is 5.73. The number of halogens is 1. The van der Waals surface area contributed by atoms with E-state index in [4.69, 9.17) is 4.74 Å². The van der Waals surface area contributed by atoms with Gasteiger partial charge in [-0.25, -0.2) is 12.8 Å². The summed E-state index contributed by atoms with van der Waals surface area (Å²) >= 11 is 0. The van der Waals surface area contributed by atoms with E-state index in [2.05, 4.69) is 12.2 Å². The number of esters is 1. The number of sulfonamides is 1. The lowest BCUT2D eigenvalue weighted by molar-refractivity contribution is -0.147. The predicted molar refractivity (Wildman–Crippen MR) is 92.1 cm³/mol. The van der Waals surface area contributed by atoms with Crippen molar-refractivity contribution in [3.05, 3.63) is 30.1 Å². The minimum Gasteiger partial charge on any atom is -0.455 e. The number of rotatable bonds is 7. The van der Waals surface area contributed by atoms with Gasteiger partial charge in [-0.1, -0.05) is 25.8 Å². The van der Waals surface area contributed by atoms with Gasteiger partial charge < -0.3 is 10.1 Å². The summed E-state index contributed by atoms with van der Waals surface area (Å²) in [5, 5.41) is 2.83. The summed E-state index contributed by atoms with van der Waals surface area (Å²) in [6.07, 6.45) is 4.14. The van der Waals surface area contributed by atoms with Crippen molar-refractivity contribution >= 4 is 21.9 Å². The number of benzene rings is 1. The highest BCUT2D eigenvalue weighted by Crippen LogP contribution is 2.23. The van der Waals surface area contributed by atoms with E-state index in [9.17, 15) is 22.4 Å². The summed E-state index contributed by atoms with van der Waals surface area (Å²) in [4.78, 5) is 23.2. The highest BCUT2D eigenvalue weighted by atomic mass is 32.2. The lowest BCUT2D eigenvalue weighted by atomic mass is 9.86. The Balaban J connectivity index is 1.75. The molecule has 2 N–H and O–H groups in total. The van der Waals surface area contributed by atoms with Crippen molar-refractivity contribution < 1.29 is 27.1 Å². The van der Waals surface area contributed by atoms with Crippen molar-refractivity contribution in [1.82, 2.24) is 10.0 Å². The van der Waals surface area contributed by atoms with E-state index < -0.39 is 40.9 Å². The van der Waals surface area contributed by atoms with Crippen LogP contribution in [0.1, 0.15) is 32.6 Å². The molecular formula is C17H23FN2O5S. The highest BCUT2D eigenvalue weighted by Gasteiger charge is 2.23. The number of carbonyl (C=O) groups is 2. The maximum Gasteiger partial charge on any atom is 0.321 e. The Morgan fingerprint density at radius 2 is 2.00 bits per heavy atom. The van der Waals surface area contributed by atoms with Gasteiger partial charge in [0.25, 0.3) is 5.91 Å². The molecule has 0 bridgehead atoms. The number of amides is 1. The Morgan fingerprint density at radius 3 is 2.69 bits per heavy atom. The van der Waals surface area contributed by atoms with E-state index in [0.29, 0.717) is 5.92 Å². The Kier molecular flexibility index (Phi) is 7.10. The zero-order valence-electron chi connectivity index (χ0n) is 14.5. The normalized spacial score (nSPS) is 20.4. The molecule has 0 aromatic heterocycles. The van der Waals surface area contributed by atoms with Crippen LogP contribution in [-0.2, 0) is 24.3 Å². The van der Waals surface area contributed by atoms with Crippen molar-refractivity contribution in [2.75, 3.05) is 13.2 Å². The summed E-state index contributed by atoms with van der Waals surface area (Å²) in [7, 11) is -4.04. The fourth-order valence-electron chi connectivity index (χ4n) is 2.85. The van der Waals surface area contributed by atoms with Crippen LogP contribution in [0.2, 0.25) is 0 Å². The molecule has 0 unspecified atom stereocenters. The van der Waals surface area contributed by atoms with Crippen LogP contribution >= 0.6 is 0 Å². The molecule has 0 spiro atoms. The summed E-state index contributed by atoms with van der Waals surface area (Å²) in [6, 6.07) is 4.47. The van der Waals surface area contributed by atoms with Gasteiger partial charge in [-0.3, -0.25) is 9.59 Å². The lowest BCUT2D eigenvalue weighted by Gasteiger charge is -2.29. The minimum atomic E-state index is -4.04. The molecule has 1 saturated carbocycles. The second kappa shape index (κ2) is 9.09. The van der Waals surface area contributed by atoms with Crippen LogP contribution in [0.15, 0.2) is 29.2 Å². The molecule has 1 fully saturated rings. The van der Waals surface area contributed by atoms with Crippen molar-refractivity contribution in [3.8, 4) is 0 Å². The smallest absolute Gasteiger partial charge is 0.321 e. The molecule has 0 radical (unpaired) electrons. The molecule has 2 atom stereocenters. The Bertz CT molecular complexity index is 753. The molecule has 1 aromatic carbocycles. The first-order valence-corrected chi connectivity index (χ1v) is 9.96. The maximum atomic E-state index is 13.1. The van der Waals surface area contributed by atoms with Gasteiger partial charge in [-0.05, 0) is 37.0 Å². The van der Waals surface area contributed by atoms with Crippen molar-refractivity contribution in [2.24, 2.45) is 5.92 Å². The maximum absolute atomic E-state index is 13.1. The zero-order chi connectivity index (χ0) is 19.2. The summed E-state index contributed by atoms with van der Waals surface area (Å²) < 4.78 is 43.8. The average molecular weight is 386 g/mol. The molecule has 1 aliphatic rings. The van der Waals surface area contributed by atoms with E-state index >= 15 is 0 Å². The quantitative estimate of drug-likeness (QED) is 0.689. The molecule has 0 saturated heterocycles. The fraction of sp³-hybridized carbons (Fsp3) is 0.529. The van der Waals surface area contributed by atoms with Crippen LogP contribution in [0.25, 0.3) is 0 Å². The second-order valence-electron chi connectivity index (χ2n) is 6.38. The monoisotopic (exact) mass is 386 g/mol. The SMILES string of the molecule is C[C@@H]1CCCC[C@H]1NC(=O)COC(=O)CNS(=O)(=O)c1cccc(F)c1. The van der Waals surface area contributed by atoms with Gasteiger partial charge in [0, 0.05) is 6.04 Å². The molecule has 1 aromatic rings. The van der Waals surface area contributed by atoms with E-state index in [1.165, 1.54) is 12.1 Å². The van der Waals surface area contributed by atoms with E-state index in [1.54, 1.807) is 0 Å². The van der Waals surface area contributed by atoms with Gasteiger partial charge in [-0.2, -0.15) is 4.72 Å². The van der Waals surface area contributed by atoms with Crippen molar-refractivity contribution in [1.29, 1.82) is 0 Å². The van der Waals surface area contributed by atoms with Crippen molar-refractivity contribution in [3.63, 3.8) is 0 Å². The van der Waals surface area contributed by atoms with Gasteiger partial charge in [0.05, 0.1) is 4.90 Å². The third-order valence-electron chi connectivity index (χ3n) is 4.34. The lowest BCUT2D eigenvalue weighted by Crippen LogP contribution is -2.43. The molecule has 26 heavy (non-hydrogen) atoms. The van der Waals surface area contributed by atoms with Crippen LogP contribution in [0.3, 0.4) is 0 Å². The Labute approximate surface area is 152 Å². The summed E-state index contributed by atoms with van der Waals surface area (Å²) in [5.74, 6) is -1.63. The first-order chi connectivity index (χ1) is 12.3. The molecule has 7 nitrogen and oxygen atoms in total. The first kappa shape index (κ1) is 20.3. The largest absolute Gasteiger partial charge is 0.455 e. The van der Waals surface area contributed by atoms with E-state index in [1.807, 2.05) is 4.72 Å². The molecule has 2 rings (SSSR count). The second-order valence-corrected chi connectivity index (χ2v) is 8.15. The summed E-state index contributed by atoms with van der Waals surface area (Å²) in [5.41, 5.74) is 0. The Hall–Kier alpha value is -2.00. The predicted octanol–water partition coefficient (Wildman–Crippen LogP) is 1.34. The molecule has 0 aliphatic heterocycles. The summed E-state index contributed by atoms with van der Waals surface area (Å²) in [6.45, 7) is 0.951. The first-order valence-electron chi connectivity index (χ1n) is 8.48. The number of nitrogens with one attached hydrogen (secondary N) is 2. The number of ether oxygens (including phenoxy) is 1. The molecule has 144 valence electrons. The van der Waals surface area contributed by atoms with Gasteiger partial charge in [0.1, 0.15) is 12.4 Å². The third kappa shape index (κ3) is 6.06. The van der Waals surface area contributed by atoms with Crippen LogP contribution in [-0.4, -0.2) is 39.5 Å². The minimum absolute atomic E-state index is 0.0708. The van der Waals surface area contributed by atoms with Gasteiger partial charge in [0.2, 0.25) is 10.0 Å². The molecule has 0 heterocycles. The molecular weight excluding hydrogens is 363 g/mol. The van der Waals surface area contributed by atoms with Crippen LogP contribution < -0.4 is 10.0 Å². The number of hydrogen-bond donors (Lipinski definition) is 2. The molecule has 9 heteroatoms.